The number of aromatic nitrogens is 3. The second-order valence-corrected chi connectivity index (χ2v) is 8.48. The first-order chi connectivity index (χ1) is 11.3. The van der Waals surface area contributed by atoms with Gasteiger partial charge < -0.3 is 9.47 Å². The third kappa shape index (κ3) is 3.43. The first-order valence-corrected chi connectivity index (χ1v) is 9.11. The van der Waals surface area contributed by atoms with Crippen LogP contribution in [0.1, 0.15) is 34.1 Å². The first kappa shape index (κ1) is 17.3. The summed E-state index contributed by atoms with van der Waals surface area (Å²) in [6.45, 7) is 7.71. The number of carbonyl (C=O) groups is 2. The van der Waals surface area contributed by atoms with Gasteiger partial charge in [-0.05, 0) is 46.0 Å². The second-order valence-electron chi connectivity index (χ2n) is 7.26. The quantitative estimate of drug-likeness (QED) is 0.810. The number of aromatic amines is 1. The average Bonchev–Trinajstić information content (AvgIpc) is 2.81. The van der Waals surface area contributed by atoms with Crippen molar-refractivity contribution in [1.29, 1.82) is 0 Å². The topological polar surface area (TPSA) is 94.2 Å². The van der Waals surface area contributed by atoms with Crippen LogP contribution < -0.4 is 0 Å². The molecule has 0 radical (unpaired) electrons. The van der Waals surface area contributed by atoms with Crippen molar-refractivity contribution < 1.29 is 19.1 Å². The summed E-state index contributed by atoms with van der Waals surface area (Å²) in [6, 6.07) is 0. The summed E-state index contributed by atoms with van der Waals surface area (Å²) in [7, 11) is 0. The Morgan fingerprint density at radius 3 is 2.67 bits per heavy atom. The molecule has 24 heavy (non-hydrogen) atoms. The van der Waals surface area contributed by atoms with Crippen molar-refractivity contribution in [2.45, 2.75) is 50.1 Å². The molecule has 0 saturated heterocycles. The molecule has 7 nitrogen and oxygen atoms in total. The number of ether oxygens (including phenoxy) is 2. The zero-order chi connectivity index (χ0) is 17.5. The number of carbonyl (C=O) groups excluding carboxylic acids is 2. The monoisotopic (exact) mass is 353 g/mol. The molecule has 2 aliphatic rings. The molecule has 0 aromatic carbocycles. The summed E-state index contributed by atoms with van der Waals surface area (Å²) >= 11 is 1.54. The first-order valence-electron chi connectivity index (χ1n) is 8.23. The Balaban J connectivity index is 1.73. The molecular formula is C16H23N3O4S. The van der Waals surface area contributed by atoms with Crippen LogP contribution in [0.25, 0.3) is 0 Å². The van der Waals surface area contributed by atoms with Gasteiger partial charge in [0.1, 0.15) is 11.9 Å². The second kappa shape index (κ2) is 6.38. The Bertz CT molecular complexity index is 613. The number of fused-ring (bicyclic) bond motifs is 1. The highest BCUT2D eigenvalue weighted by Crippen LogP contribution is 2.64. The SMILES string of the molecule is CCOC(=O)C1C2C(Sc3ncn[nH]3)CC(C(=O)OC(C)(C)C)C12. The zero-order valence-corrected chi connectivity index (χ0v) is 15.1. The summed E-state index contributed by atoms with van der Waals surface area (Å²) in [5.41, 5.74) is -0.531. The van der Waals surface area contributed by atoms with Gasteiger partial charge in [0, 0.05) is 5.25 Å². The van der Waals surface area contributed by atoms with Crippen LogP contribution in [-0.2, 0) is 19.1 Å². The molecule has 0 spiro atoms. The Morgan fingerprint density at radius 2 is 2.08 bits per heavy atom. The Hall–Kier alpha value is -1.57. The molecule has 1 aromatic rings. The van der Waals surface area contributed by atoms with Crippen LogP contribution >= 0.6 is 11.8 Å². The maximum Gasteiger partial charge on any atom is 0.309 e. The summed E-state index contributed by atoms with van der Waals surface area (Å²) in [4.78, 5) is 28.9. The molecule has 2 fully saturated rings. The third-order valence-electron chi connectivity index (χ3n) is 4.44. The molecular weight excluding hydrogens is 330 g/mol. The van der Waals surface area contributed by atoms with Crippen LogP contribution in [0.5, 0.6) is 0 Å². The van der Waals surface area contributed by atoms with Gasteiger partial charge in [0.15, 0.2) is 5.16 Å². The molecule has 5 atom stereocenters. The normalized spacial score (nSPS) is 31.4. The summed E-state index contributed by atoms with van der Waals surface area (Å²) in [6.07, 6.45) is 2.14. The van der Waals surface area contributed by atoms with Gasteiger partial charge in [-0.2, -0.15) is 5.10 Å². The number of hydrogen-bond acceptors (Lipinski definition) is 7. The van der Waals surface area contributed by atoms with Crippen molar-refractivity contribution in [3.8, 4) is 0 Å². The van der Waals surface area contributed by atoms with E-state index in [4.69, 9.17) is 9.47 Å². The highest BCUT2D eigenvalue weighted by Gasteiger charge is 2.68. The van der Waals surface area contributed by atoms with Crippen LogP contribution in [0, 0.1) is 23.7 Å². The number of nitrogens with one attached hydrogen (secondary N) is 1. The van der Waals surface area contributed by atoms with E-state index in [0.29, 0.717) is 18.2 Å². The van der Waals surface area contributed by atoms with E-state index in [1.807, 2.05) is 20.8 Å². The average molecular weight is 353 g/mol. The molecule has 2 saturated carbocycles. The number of H-pyrrole nitrogens is 1. The van der Waals surface area contributed by atoms with E-state index < -0.39 is 5.60 Å². The summed E-state index contributed by atoms with van der Waals surface area (Å²) in [5, 5.41) is 7.51. The smallest absolute Gasteiger partial charge is 0.309 e. The number of nitrogens with zero attached hydrogens (tertiary/aromatic N) is 2. The standard InChI is InChI=1S/C16H23N3O4S/c1-5-22-14(21)12-10-8(13(20)23-16(2,3)4)6-9(11(10)12)24-15-17-7-18-19-15/h7-12H,5-6H2,1-4H3,(H,17,18,19). The molecule has 0 amide bonds. The minimum Gasteiger partial charge on any atom is -0.466 e. The lowest BCUT2D eigenvalue weighted by Crippen LogP contribution is -2.30. The molecule has 5 unspecified atom stereocenters. The highest BCUT2D eigenvalue weighted by molar-refractivity contribution is 7.99. The fourth-order valence-electron chi connectivity index (χ4n) is 3.63. The van der Waals surface area contributed by atoms with E-state index >= 15 is 0 Å². The van der Waals surface area contributed by atoms with Gasteiger partial charge in [0.2, 0.25) is 0 Å². The Kier molecular flexibility index (Phi) is 4.59. The number of esters is 2. The van der Waals surface area contributed by atoms with Gasteiger partial charge in [0.05, 0.1) is 18.4 Å². The minimum absolute atomic E-state index is 0.0133. The van der Waals surface area contributed by atoms with Crippen molar-refractivity contribution in [1.82, 2.24) is 15.2 Å². The van der Waals surface area contributed by atoms with Crippen LogP contribution in [-0.4, -0.2) is 44.6 Å². The molecule has 0 bridgehead atoms. The van der Waals surface area contributed by atoms with Gasteiger partial charge in [-0.3, -0.25) is 14.7 Å². The number of thioether (sulfide) groups is 1. The number of rotatable bonds is 5. The predicted molar refractivity (Wildman–Crippen MR) is 87.1 cm³/mol. The lowest BCUT2D eigenvalue weighted by Gasteiger charge is -2.24. The van der Waals surface area contributed by atoms with E-state index in [2.05, 4.69) is 15.2 Å². The Morgan fingerprint density at radius 1 is 1.33 bits per heavy atom. The van der Waals surface area contributed by atoms with Crippen molar-refractivity contribution in [3.63, 3.8) is 0 Å². The van der Waals surface area contributed by atoms with E-state index in [1.54, 1.807) is 18.7 Å². The fraction of sp³-hybridized carbons (Fsp3) is 0.750. The zero-order valence-electron chi connectivity index (χ0n) is 14.3. The van der Waals surface area contributed by atoms with Crippen LogP contribution in [0.4, 0.5) is 0 Å². The predicted octanol–water partition coefficient (Wildman–Crippen LogP) is 2.05. The van der Waals surface area contributed by atoms with E-state index in [9.17, 15) is 9.59 Å². The minimum atomic E-state index is -0.531. The van der Waals surface area contributed by atoms with Crippen molar-refractivity contribution >= 4 is 23.7 Å². The van der Waals surface area contributed by atoms with Crippen LogP contribution in [0.2, 0.25) is 0 Å². The molecule has 2 aliphatic carbocycles. The van der Waals surface area contributed by atoms with Crippen molar-refractivity contribution in [3.05, 3.63) is 6.33 Å². The lowest BCUT2D eigenvalue weighted by molar-refractivity contribution is -0.161. The summed E-state index contributed by atoms with van der Waals surface area (Å²) in [5.74, 6) is -0.745. The maximum absolute atomic E-state index is 12.6. The molecule has 132 valence electrons. The van der Waals surface area contributed by atoms with Crippen LogP contribution in [0.3, 0.4) is 0 Å². The van der Waals surface area contributed by atoms with Gasteiger partial charge in [0.25, 0.3) is 0 Å². The van der Waals surface area contributed by atoms with Crippen LogP contribution in [0.15, 0.2) is 11.5 Å². The van der Waals surface area contributed by atoms with Crippen molar-refractivity contribution in [2.24, 2.45) is 23.7 Å². The molecule has 8 heteroatoms. The Labute approximate surface area is 145 Å². The van der Waals surface area contributed by atoms with Gasteiger partial charge in [-0.25, -0.2) is 4.98 Å². The molecule has 1 heterocycles. The van der Waals surface area contributed by atoms with Gasteiger partial charge >= 0.3 is 11.9 Å². The largest absolute Gasteiger partial charge is 0.466 e. The molecule has 3 rings (SSSR count). The number of hydrogen-bond donors (Lipinski definition) is 1. The third-order valence-corrected chi connectivity index (χ3v) is 5.67. The van der Waals surface area contributed by atoms with Gasteiger partial charge in [-0.1, -0.05) is 11.8 Å². The van der Waals surface area contributed by atoms with E-state index in [1.165, 1.54) is 6.33 Å². The highest BCUT2D eigenvalue weighted by atomic mass is 32.2. The fourth-order valence-corrected chi connectivity index (χ4v) is 4.94. The molecule has 0 aliphatic heterocycles. The molecule has 1 N–H and O–H groups in total. The van der Waals surface area contributed by atoms with E-state index in [-0.39, 0.29) is 40.9 Å². The van der Waals surface area contributed by atoms with E-state index in [0.717, 1.165) is 0 Å². The molecule has 1 aromatic heterocycles. The summed E-state index contributed by atoms with van der Waals surface area (Å²) < 4.78 is 10.7. The lowest BCUT2D eigenvalue weighted by atomic mass is 9.99. The van der Waals surface area contributed by atoms with Gasteiger partial charge in [-0.15, -0.1) is 0 Å². The maximum atomic E-state index is 12.6. The van der Waals surface area contributed by atoms with Crippen molar-refractivity contribution in [2.75, 3.05) is 6.61 Å².